The van der Waals surface area contributed by atoms with Gasteiger partial charge in [-0.3, -0.25) is 4.79 Å². The molecule has 0 spiro atoms. The minimum absolute atomic E-state index is 0.0410. The predicted octanol–water partition coefficient (Wildman–Crippen LogP) is 3.80. The number of carbonyl (C=O) groups excluding carboxylic acids is 1. The first kappa shape index (κ1) is 14.1. The lowest BCUT2D eigenvalue weighted by atomic mass is 10.3. The van der Waals surface area contributed by atoms with E-state index in [0.29, 0.717) is 16.4 Å². The zero-order chi connectivity index (χ0) is 15.0. The second-order valence-electron chi connectivity index (χ2n) is 4.66. The fourth-order valence-electron chi connectivity index (χ4n) is 2.16. The molecule has 0 aliphatic rings. The van der Waals surface area contributed by atoms with Crippen LogP contribution < -0.4 is 5.32 Å². The van der Waals surface area contributed by atoms with Crippen molar-refractivity contribution in [1.82, 2.24) is 15.1 Å². The first-order valence-corrected chi connectivity index (χ1v) is 7.83. The van der Waals surface area contributed by atoms with Crippen LogP contribution in [0.4, 0.5) is 0 Å². The van der Waals surface area contributed by atoms with Crippen molar-refractivity contribution in [3.8, 4) is 5.69 Å². The minimum Gasteiger partial charge on any atom is -0.352 e. The molecule has 2 heterocycles. The van der Waals surface area contributed by atoms with Crippen LogP contribution in [-0.2, 0) is 0 Å². The van der Waals surface area contributed by atoms with Crippen molar-refractivity contribution < 1.29 is 4.79 Å². The summed E-state index contributed by atoms with van der Waals surface area (Å²) in [5, 5.41) is 9.07. The van der Waals surface area contributed by atoms with Gasteiger partial charge in [-0.2, -0.15) is 5.10 Å². The van der Waals surface area contributed by atoms with Crippen molar-refractivity contribution in [3.63, 3.8) is 0 Å². The molecule has 0 saturated carbocycles. The Morgan fingerprint density at radius 2 is 2.10 bits per heavy atom. The number of hydrogen-bond donors (Lipinski definition) is 1. The number of hydrogen-bond acceptors (Lipinski definition) is 3. The minimum atomic E-state index is -0.0410. The summed E-state index contributed by atoms with van der Waals surface area (Å²) in [5.74, 6) is -0.0410. The first-order valence-electron chi connectivity index (χ1n) is 6.63. The molecule has 0 atom stereocenters. The summed E-state index contributed by atoms with van der Waals surface area (Å²) in [7, 11) is 0. The summed E-state index contributed by atoms with van der Waals surface area (Å²) in [6.45, 7) is 4.48. The summed E-state index contributed by atoms with van der Waals surface area (Å²) in [4.78, 5) is 13.6. The van der Waals surface area contributed by atoms with Gasteiger partial charge in [0.2, 0.25) is 0 Å². The highest BCUT2D eigenvalue weighted by molar-refractivity contribution is 7.20. The Labute approximate surface area is 131 Å². The SMILES string of the molecule is CCNC(=O)c1cc2c(C)nn(-c3ccc(Cl)cc3)c2s1. The molecule has 4 nitrogen and oxygen atoms in total. The number of thiophene rings is 1. The molecule has 2 aromatic heterocycles. The zero-order valence-corrected chi connectivity index (χ0v) is 13.3. The van der Waals surface area contributed by atoms with Crippen LogP contribution in [0.1, 0.15) is 22.3 Å². The number of carbonyl (C=O) groups is 1. The van der Waals surface area contributed by atoms with Gasteiger partial charge in [-0.05, 0) is 44.2 Å². The topological polar surface area (TPSA) is 46.9 Å². The van der Waals surface area contributed by atoms with Crippen molar-refractivity contribution in [2.75, 3.05) is 6.54 Å². The number of halogens is 1. The van der Waals surface area contributed by atoms with E-state index in [-0.39, 0.29) is 5.91 Å². The Balaban J connectivity index is 2.11. The zero-order valence-electron chi connectivity index (χ0n) is 11.7. The highest BCUT2D eigenvalue weighted by Crippen LogP contribution is 2.30. The van der Waals surface area contributed by atoms with Crippen molar-refractivity contribution in [2.45, 2.75) is 13.8 Å². The van der Waals surface area contributed by atoms with Crippen LogP contribution in [-0.4, -0.2) is 22.2 Å². The molecule has 0 fully saturated rings. The maximum absolute atomic E-state index is 12.0. The number of nitrogens with zero attached hydrogens (tertiary/aromatic N) is 2. The Morgan fingerprint density at radius 3 is 2.76 bits per heavy atom. The second-order valence-corrected chi connectivity index (χ2v) is 6.13. The van der Waals surface area contributed by atoms with E-state index < -0.39 is 0 Å². The number of rotatable bonds is 3. The van der Waals surface area contributed by atoms with Crippen molar-refractivity contribution >= 4 is 39.1 Å². The van der Waals surface area contributed by atoms with Crippen molar-refractivity contribution in [3.05, 3.63) is 45.9 Å². The van der Waals surface area contributed by atoms with Crippen LogP contribution in [0, 0.1) is 6.92 Å². The smallest absolute Gasteiger partial charge is 0.261 e. The van der Waals surface area contributed by atoms with Gasteiger partial charge in [-0.25, -0.2) is 4.68 Å². The van der Waals surface area contributed by atoms with Gasteiger partial charge in [0.25, 0.3) is 5.91 Å². The molecule has 6 heteroatoms. The molecule has 1 N–H and O–H groups in total. The van der Waals surface area contributed by atoms with Gasteiger partial charge in [0, 0.05) is 17.0 Å². The van der Waals surface area contributed by atoms with Crippen LogP contribution in [0.2, 0.25) is 5.02 Å². The van der Waals surface area contributed by atoms with E-state index in [1.807, 2.05) is 48.9 Å². The molecular formula is C15H14ClN3OS. The number of aryl methyl sites for hydroxylation is 1. The average Bonchev–Trinajstić information content (AvgIpc) is 3.01. The monoisotopic (exact) mass is 319 g/mol. The molecule has 0 aliphatic heterocycles. The van der Waals surface area contributed by atoms with Crippen LogP contribution in [0.15, 0.2) is 30.3 Å². The Bertz CT molecular complexity index is 804. The number of nitrogens with one attached hydrogen (secondary N) is 1. The normalized spacial score (nSPS) is 11.0. The lowest BCUT2D eigenvalue weighted by Crippen LogP contribution is -2.21. The van der Waals surface area contributed by atoms with Crippen LogP contribution >= 0.6 is 22.9 Å². The van der Waals surface area contributed by atoms with Gasteiger partial charge in [0.05, 0.1) is 16.3 Å². The molecule has 0 radical (unpaired) electrons. The quantitative estimate of drug-likeness (QED) is 0.798. The molecule has 3 rings (SSSR count). The Kier molecular flexibility index (Phi) is 3.69. The standard InChI is InChI=1S/C15H14ClN3OS/c1-3-17-14(20)13-8-12-9(2)18-19(15(12)21-13)11-6-4-10(16)5-7-11/h4-8H,3H2,1-2H3,(H,17,20). The van der Waals surface area contributed by atoms with Gasteiger partial charge < -0.3 is 5.32 Å². The maximum Gasteiger partial charge on any atom is 0.261 e. The van der Waals surface area contributed by atoms with Crippen LogP contribution in [0.3, 0.4) is 0 Å². The number of aromatic nitrogens is 2. The van der Waals surface area contributed by atoms with Crippen molar-refractivity contribution in [2.24, 2.45) is 0 Å². The summed E-state index contributed by atoms with van der Waals surface area (Å²) in [5.41, 5.74) is 1.84. The van der Waals surface area contributed by atoms with Gasteiger partial charge >= 0.3 is 0 Å². The second kappa shape index (κ2) is 5.50. The maximum atomic E-state index is 12.0. The summed E-state index contributed by atoms with van der Waals surface area (Å²) >= 11 is 7.37. The third-order valence-corrected chi connectivity index (χ3v) is 4.54. The van der Waals surface area contributed by atoms with Gasteiger partial charge in [0.15, 0.2) is 0 Å². The molecule has 0 aliphatic carbocycles. The summed E-state index contributed by atoms with van der Waals surface area (Å²) < 4.78 is 1.86. The van der Waals surface area contributed by atoms with E-state index in [2.05, 4.69) is 10.4 Å². The van der Waals surface area contributed by atoms with E-state index in [1.165, 1.54) is 11.3 Å². The molecule has 3 aromatic rings. The lowest BCUT2D eigenvalue weighted by molar-refractivity contribution is 0.0960. The first-order chi connectivity index (χ1) is 10.1. The number of amides is 1. The number of benzene rings is 1. The van der Waals surface area contributed by atoms with E-state index >= 15 is 0 Å². The predicted molar refractivity (Wildman–Crippen MR) is 86.7 cm³/mol. The highest BCUT2D eigenvalue weighted by atomic mass is 35.5. The van der Waals surface area contributed by atoms with Crippen LogP contribution in [0.5, 0.6) is 0 Å². The van der Waals surface area contributed by atoms with E-state index in [4.69, 9.17) is 11.6 Å². The third kappa shape index (κ3) is 2.54. The van der Waals surface area contributed by atoms with Gasteiger partial charge in [-0.15, -0.1) is 11.3 Å². The molecule has 0 unspecified atom stereocenters. The molecular weight excluding hydrogens is 306 g/mol. The lowest BCUT2D eigenvalue weighted by Gasteiger charge is -2.02. The summed E-state index contributed by atoms with van der Waals surface area (Å²) in [6, 6.07) is 9.40. The molecule has 108 valence electrons. The van der Waals surface area contributed by atoms with Crippen LogP contribution in [0.25, 0.3) is 15.9 Å². The summed E-state index contributed by atoms with van der Waals surface area (Å²) in [6.07, 6.45) is 0. The fourth-order valence-corrected chi connectivity index (χ4v) is 3.39. The van der Waals surface area contributed by atoms with Gasteiger partial charge in [-0.1, -0.05) is 11.6 Å². The van der Waals surface area contributed by atoms with E-state index in [1.54, 1.807) is 0 Å². The average molecular weight is 320 g/mol. The molecule has 0 bridgehead atoms. The Morgan fingerprint density at radius 1 is 1.38 bits per heavy atom. The molecule has 1 amide bonds. The van der Waals surface area contributed by atoms with E-state index in [0.717, 1.165) is 21.6 Å². The van der Waals surface area contributed by atoms with E-state index in [9.17, 15) is 4.79 Å². The van der Waals surface area contributed by atoms with Gasteiger partial charge in [0.1, 0.15) is 4.83 Å². The Hall–Kier alpha value is -1.85. The third-order valence-electron chi connectivity index (χ3n) is 3.18. The molecule has 21 heavy (non-hydrogen) atoms. The number of fused-ring (bicyclic) bond motifs is 1. The highest BCUT2D eigenvalue weighted by Gasteiger charge is 2.16. The fraction of sp³-hybridized carbons (Fsp3) is 0.200. The molecule has 0 saturated heterocycles. The largest absolute Gasteiger partial charge is 0.352 e. The molecule has 1 aromatic carbocycles. The van der Waals surface area contributed by atoms with Crippen molar-refractivity contribution in [1.29, 1.82) is 0 Å².